The van der Waals surface area contributed by atoms with E-state index in [1.54, 1.807) is 18.5 Å². The Morgan fingerprint density at radius 1 is 1.35 bits per heavy atom. The van der Waals surface area contributed by atoms with Gasteiger partial charge in [0.1, 0.15) is 0 Å². The maximum absolute atomic E-state index is 12.1. The molecule has 2 aromatic heterocycles. The molecule has 0 fully saturated rings. The summed E-state index contributed by atoms with van der Waals surface area (Å²) in [4.78, 5) is 22.3. The maximum atomic E-state index is 12.1. The smallest absolute Gasteiger partial charge is 0.358 e. The molecule has 23 heavy (non-hydrogen) atoms. The predicted octanol–water partition coefficient (Wildman–Crippen LogP) is 1.09. The molecule has 0 spiro atoms. The Hall–Kier alpha value is -2.71. The molecule has 0 radical (unpaired) electrons. The van der Waals surface area contributed by atoms with Crippen molar-refractivity contribution in [3.63, 3.8) is 0 Å². The molecule has 1 unspecified atom stereocenters. The summed E-state index contributed by atoms with van der Waals surface area (Å²) >= 11 is 0. The van der Waals surface area contributed by atoms with Crippen LogP contribution in [0.15, 0.2) is 12.1 Å². The molecule has 0 aliphatic heterocycles. The zero-order valence-electron chi connectivity index (χ0n) is 13.6. The van der Waals surface area contributed by atoms with Crippen LogP contribution in [-0.4, -0.2) is 30.4 Å². The highest BCUT2D eigenvalue weighted by Crippen LogP contribution is 2.13. The van der Waals surface area contributed by atoms with Crippen molar-refractivity contribution in [3.8, 4) is 0 Å². The lowest BCUT2D eigenvalue weighted by Gasteiger charge is -2.10. The number of carbonyl (C=O) groups excluding carboxylic acids is 1. The van der Waals surface area contributed by atoms with Gasteiger partial charge in [-0.2, -0.15) is 9.78 Å². The van der Waals surface area contributed by atoms with Crippen molar-refractivity contribution in [2.24, 2.45) is 13.0 Å². The molecule has 0 saturated carbocycles. The van der Waals surface area contributed by atoms with Gasteiger partial charge in [0.25, 0.3) is 0 Å². The lowest BCUT2D eigenvalue weighted by atomic mass is 10.1. The Morgan fingerprint density at radius 2 is 2.04 bits per heavy atom. The molecule has 124 valence electrons. The number of aromatic nitrogens is 4. The van der Waals surface area contributed by atoms with Crippen LogP contribution in [0, 0.1) is 29.9 Å². The van der Waals surface area contributed by atoms with Crippen LogP contribution in [0.4, 0.5) is 5.82 Å². The SMILES string of the molecule is Cc1cc(CNC(=O)C(C)Cn2nc([N+](=O)[O-])cc2C)nn1C. The number of amides is 1. The van der Waals surface area contributed by atoms with Gasteiger partial charge in [-0.25, -0.2) is 0 Å². The second-order valence-corrected chi connectivity index (χ2v) is 5.60. The van der Waals surface area contributed by atoms with Crippen molar-refractivity contribution < 1.29 is 9.72 Å². The molecule has 0 aromatic carbocycles. The van der Waals surface area contributed by atoms with E-state index in [0.29, 0.717) is 12.2 Å². The van der Waals surface area contributed by atoms with E-state index in [2.05, 4.69) is 15.5 Å². The minimum absolute atomic E-state index is 0.147. The van der Waals surface area contributed by atoms with Crippen LogP contribution in [0.3, 0.4) is 0 Å². The Labute approximate surface area is 133 Å². The number of carbonyl (C=O) groups is 1. The first kappa shape index (κ1) is 16.7. The van der Waals surface area contributed by atoms with Crippen LogP contribution >= 0.6 is 0 Å². The normalized spacial score (nSPS) is 12.2. The summed E-state index contributed by atoms with van der Waals surface area (Å²) in [6.45, 7) is 6.05. The van der Waals surface area contributed by atoms with Crippen LogP contribution in [0.2, 0.25) is 0 Å². The number of nitrogens with zero attached hydrogens (tertiary/aromatic N) is 5. The van der Waals surface area contributed by atoms with Gasteiger partial charge >= 0.3 is 5.82 Å². The van der Waals surface area contributed by atoms with Gasteiger partial charge < -0.3 is 15.4 Å². The summed E-state index contributed by atoms with van der Waals surface area (Å²) in [7, 11) is 1.84. The van der Waals surface area contributed by atoms with Gasteiger partial charge in [-0.1, -0.05) is 6.92 Å². The second-order valence-electron chi connectivity index (χ2n) is 5.60. The maximum Gasteiger partial charge on any atom is 0.390 e. The number of hydrogen-bond acceptors (Lipinski definition) is 5. The van der Waals surface area contributed by atoms with Crippen molar-refractivity contribution >= 4 is 11.7 Å². The third-order valence-corrected chi connectivity index (χ3v) is 3.66. The van der Waals surface area contributed by atoms with Crippen LogP contribution in [0.1, 0.15) is 24.0 Å². The molecule has 2 heterocycles. The fourth-order valence-corrected chi connectivity index (χ4v) is 2.18. The van der Waals surface area contributed by atoms with Gasteiger partial charge in [-0.05, 0) is 24.8 Å². The highest BCUT2D eigenvalue weighted by atomic mass is 16.6. The highest BCUT2D eigenvalue weighted by molar-refractivity contribution is 5.78. The Balaban J connectivity index is 1.93. The zero-order chi connectivity index (χ0) is 17.1. The minimum atomic E-state index is -0.544. The van der Waals surface area contributed by atoms with Crippen molar-refractivity contribution in [3.05, 3.63) is 39.3 Å². The van der Waals surface area contributed by atoms with Crippen molar-refractivity contribution in [1.29, 1.82) is 0 Å². The molecule has 2 rings (SSSR count). The van der Waals surface area contributed by atoms with E-state index in [-0.39, 0.29) is 24.2 Å². The molecular weight excluding hydrogens is 300 g/mol. The molecule has 0 aliphatic carbocycles. The average molecular weight is 320 g/mol. The highest BCUT2D eigenvalue weighted by Gasteiger charge is 2.20. The van der Waals surface area contributed by atoms with E-state index in [4.69, 9.17) is 0 Å². The molecule has 0 saturated heterocycles. The zero-order valence-corrected chi connectivity index (χ0v) is 13.6. The summed E-state index contributed by atoms with van der Waals surface area (Å²) in [5, 5.41) is 21.7. The van der Waals surface area contributed by atoms with E-state index in [1.165, 1.54) is 10.7 Å². The second kappa shape index (κ2) is 6.59. The summed E-state index contributed by atoms with van der Waals surface area (Å²) in [5.74, 6) is -0.719. The molecule has 0 aliphatic rings. The van der Waals surface area contributed by atoms with E-state index < -0.39 is 4.92 Å². The molecule has 1 N–H and O–H groups in total. The molecule has 9 heteroatoms. The minimum Gasteiger partial charge on any atom is -0.358 e. The van der Waals surface area contributed by atoms with Crippen LogP contribution in [-0.2, 0) is 24.9 Å². The van der Waals surface area contributed by atoms with Gasteiger partial charge in [0.2, 0.25) is 5.91 Å². The molecular formula is C14H20N6O3. The molecule has 2 aromatic rings. The first-order valence-electron chi connectivity index (χ1n) is 7.24. The van der Waals surface area contributed by atoms with Crippen LogP contribution < -0.4 is 5.32 Å². The number of rotatable bonds is 6. The van der Waals surface area contributed by atoms with E-state index in [0.717, 1.165) is 11.4 Å². The Bertz CT molecular complexity index is 713. The van der Waals surface area contributed by atoms with Gasteiger partial charge in [0, 0.05) is 12.7 Å². The van der Waals surface area contributed by atoms with Gasteiger partial charge in [-0.15, -0.1) is 0 Å². The lowest BCUT2D eigenvalue weighted by Crippen LogP contribution is -2.31. The average Bonchev–Trinajstić information content (AvgIpc) is 3.00. The molecule has 1 atom stereocenters. The first-order valence-corrected chi connectivity index (χ1v) is 7.24. The molecule has 0 bridgehead atoms. The van der Waals surface area contributed by atoms with Crippen molar-refractivity contribution in [2.45, 2.75) is 33.9 Å². The third kappa shape index (κ3) is 3.93. The quantitative estimate of drug-likeness (QED) is 0.633. The Morgan fingerprint density at radius 3 is 2.57 bits per heavy atom. The topological polar surface area (TPSA) is 108 Å². The molecule has 1 amide bonds. The summed E-state index contributed by atoms with van der Waals surface area (Å²) in [5.41, 5.74) is 2.45. The van der Waals surface area contributed by atoms with Gasteiger partial charge in [0.05, 0.1) is 41.6 Å². The van der Waals surface area contributed by atoms with Crippen LogP contribution in [0.25, 0.3) is 0 Å². The summed E-state index contributed by atoms with van der Waals surface area (Å²) < 4.78 is 3.23. The Kier molecular flexibility index (Phi) is 4.77. The number of aryl methyl sites for hydroxylation is 3. The molecule has 9 nitrogen and oxygen atoms in total. The predicted molar refractivity (Wildman–Crippen MR) is 82.6 cm³/mol. The van der Waals surface area contributed by atoms with E-state index >= 15 is 0 Å². The van der Waals surface area contributed by atoms with Crippen LogP contribution in [0.5, 0.6) is 0 Å². The summed E-state index contributed by atoms with van der Waals surface area (Å²) in [6.07, 6.45) is 0. The van der Waals surface area contributed by atoms with Gasteiger partial charge in [0.15, 0.2) is 0 Å². The van der Waals surface area contributed by atoms with E-state index in [9.17, 15) is 14.9 Å². The lowest BCUT2D eigenvalue weighted by molar-refractivity contribution is -0.389. The fourth-order valence-electron chi connectivity index (χ4n) is 2.18. The van der Waals surface area contributed by atoms with E-state index in [1.807, 2.05) is 20.0 Å². The summed E-state index contributed by atoms with van der Waals surface area (Å²) in [6, 6.07) is 3.30. The first-order chi connectivity index (χ1) is 10.8. The standard InChI is InChI=1S/C14H20N6O3/c1-9(8-19-11(3)6-13(17-19)20(22)23)14(21)15-7-12-5-10(2)18(4)16-12/h5-6,9H,7-8H2,1-4H3,(H,15,21). The number of hydrogen-bond donors (Lipinski definition) is 1. The monoisotopic (exact) mass is 320 g/mol. The largest absolute Gasteiger partial charge is 0.390 e. The third-order valence-electron chi connectivity index (χ3n) is 3.66. The van der Waals surface area contributed by atoms with Crippen molar-refractivity contribution in [2.75, 3.05) is 0 Å². The van der Waals surface area contributed by atoms with Crippen molar-refractivity contribution in [1.82, 2.24) is 24.9 Å². The van der Waals surface area contributed by atoms with Gasteiger partial charge in [-0.3, -0.25) is 9.48 Å². The number of nitro groups is 1. The fraction of sp³-hybridized carbons (Fsp3) is 0.500. The number of nitrogens with one attached hydrogen (secondary N) is 1.